The van der Waals surface area contributed by atoms with Crippen LogP contribution in [0, 0.1) is 0 Å². The molecule has 1 aliphatic heterocycles. The Balaban J connectivity index is 1.67. The average Bonchev–Trinajstić information content (AvgIpc) is 2.52. The smallest absolute Gasteiger partial charge is 0.191 e. The molecule has 1 unspecified atom stereocenters. The standard InChI is InChI=1S/C16H25ClN4O/c1-18-16(20-11-15-12-21(2)9-10-22-15)19-8-7-13-3-5-14(17)6-4-13/h3-6,15H,7-12H2,1-2H3,(H2,18,19,20). The van der Waals surface area contributed by atoms with E-state index in [2.05, 4.69) is 27.6 Å². The summed E-state index contributed by atoms with van der Waals surface area (Å²) in [5.41, 5.74) is 1.25. The minimum absolute atomic E-state index is 0.216. The van der Waals surface area contributed by atoms with Gasteiger partial charge in [0, 0.05) is 38.2 Å². The molecule has 0 amide bonds. The topological polar surface area (TPSA) is 48.9 Å². The molecule has 1 heterocycles. The zero-order valence-electron chi connectivity index (χ0n) is 13.3. The summed E-state index contributed by atoms with van der Waals surface area (Å²) in [6.07, 6.45) is 1.15. The molecule has 0 aromatic heterocycles. The molecule has 2 N–H and O–H groups in total. The van der Waals surface area contributed by atoms with Gasteiger partial charge in [0.05, 0.1) is 12.7 Å². The monoisotopic (exact) mass is 324 g/mol. The van der Waals surface area contributed by atoms with E-state index < -0.39 is 0 Å². The number of aliphatic imine (C=N–C) groups is 1. The third kappa shape index (κ3) is 5.83. The van der Waals surface area contributed by atoms with Crippen molar-refractivity contribution >= 4 is 17.6 Å². The third-order valence-electron chi connectivity index (χ3n) is 3.68. The number of hydrogen-bond acceptors (Lipinski definition) is 3. The lowest BCUT2D eigenvalue weighted by Gasteiger charge is -2.30. The van der Waals surface area contributed by atoms with Crippen LogP contribution in [0.15, 0.2) is 29.3 Å². The lowest BCUT2D eigenvalue weighted by atomic mass is 10.1. The van der Waals surface area contributed by atoms with Gasteiger partial charge >= 0.3 is 0 Å². The Kier molecular flexibility index (Phi) is 6.96. The van der Waals surface area contributed by atoms with Crippen LogP contribution in [0.3, 0.4) is 0 Å². The number of rotatable bonds is 5. The van der Waals surface area contributed by atoms with Crippen LogP contribution in [0.2, 0.25) is 5.02 Å². The van der Waals surface area contributed by atoms with Gasteiger partial charge in [0.25, 0.3) is 0 Å². The Labute approximate surface area is 137 Å². The maximum atomic E-state index is 5.88. The zero-order chi connectivity index (χ0) is 15.8. The second-order valence-electron chi connectivity index (χ2n) is 5.51. The number of benzene rings is 1. The van der Waals surface area contributed by atoms with Gasteiger partial charge in [-0.2, -0.15) is 0 Å². The maximum absolute atomic E-state index is 5.88. The van der Waals surface area contributed by atoms with E-state index in [0.29, 0.717) is 0 Å². The first-order valence-corrected chi connectivity index (χ1v) is 8.04. The van der Waals surface area contributed by atoms with Crippen molar-refractivity contribution in [2.75, 3.05) is 46.9 Å². The molecule has 1 aromatic carbocycles. The molecule has 2 rings (SSSR count). The highest BCUT2D eigenvalue weighted by molar-refractivity contribution is 6.30. The first-order chi connectivity index (χ1) is 10.7. The van der Waals surface area contributed by atoms with Crippen molar-refractivity contribution in [1.29, 1.82) is 0 Å². The maximum Gasteiger partial charge on any atom is 0.191 e. The van der Waals surface area contributed by atoms with Crippen molar-refractivity contribution < 1.29 is 4.74 Å². The van der Waals surface area contributed by atoms with Crippen molar-refractivity contribution in [2.45, 2.75) is 12.5 Å². The Bertz CT molecular complexity index is 478. The molecule has 1 fully saturated rings. The lowest BCUT2D eigenvalue weighted by molar-refractivity contribution is -0.0161. The molecule has 0 saturated carbocycles. The van der Waals surface area contributed by atoms with E-state index >= 15 is 0 Å². The SMILES string of the molecule is CN=C(NCCc1ccc(Cl)cc1)NCC1CN(C)CCO1. The van der Waals surface area contributed by atoms with E-state index in [1.807, 2.05) is 24.3 Å². The molecule has 0 aliphatic carbocycles. The number of likely N-dealkylation sites (N-methyl/N-ethyl adjacent to an activating group) is 1. The summed E-state index contributed by atoms with van der Waals surface area (Å²) < 4.78 is 5.73. The van der Waals surface area contributed by atoms with Crippen LogP contribution in [0.5, 0.6) is 0 Å². The number of ether oxygens (including phenoxy) is 1. The summed E-state index contributed by atoms with van der Waals surface area (Å²) in [7, 11) is 3.90. The molecule has 0 bridgehead atoms. The summed E-state index contributed by atoms with van der Waals surface area (Å²) in [4.78, 5) is 6.53. The van der Waals surface area contributed by atoms with E-state index in [0.717, 1.165) is 50.2 Å². The largest absolute Gasteiger partial charge is 0.374 e. The summed E-state index contributed by atoms with van der Waals surface area (Å²) in [5, 5.41) is 7.41. The van der Waals surface area contributed by atoms with Crippen LogP contribution in [-0.4, -0.2) is 63.8 Å². The molecular weight excluding hydrogens is 300 g/mol. The Morgan fingerprint density at radius 2 is 2.14 bits per heavy atom. The highest BCUT2D eigenvalue weighted by Crippen LogP contribution is 2.09. The Morgan fingerprint density at radius 3 is 2.82 bits per heavy atom. The molecule has 0 radical (unpaired) electrons. The van der Waals surface area contributed by atoms with Gasteiger partial charge in [0.2, 0.25) is 0 Å². The lowest BCUT2D eigenvalue weighted by Crippen LogP contribution is -2.48. The molecule has 1 aromatic rings. The fourth-order valence-corrected chi connectivity index (χ4v) is 2.52. The third-order valence-corrected chi connectivity index (χ3v) is 3.93. The fourth-order valence-electron chi connectivity index (χ4n) is 2.40. The molecule has 122 valence electrons. The van der Waals surface area contributed by atoms with Gasteiger partial charge in [-0.3, -0.25) is 4.99 Å². The number of morpholine rings is 1. The van der Waals surface area contributed by atoms with Gasteiger partial charge in [-0.1, -0.05) is 23.7 Å². The molecular formula is C16H25ClN4O. The number of nitrogens with zero attached hydrogens (tertiary/aromatic N) is 2. The average molecular weight is 325 g/mol. The first-order valence-electron chi connectivity index (χ1n) is 7.66. The molecule has 22 heavy (non-hydrogen) atoms. The van der Waals surface area contributed by atoms with Gasteiger partial charge in [-0.25, -0.2) is 0 Å². The Hall–Kier alpha value is -1.30. The van der Waals surface area contributed by atoms with Crippen LogP contribution < -0.4 is 10.6 Å². The van der Waals surface area contributed by atoms with Crippen LogP contribution >= 0.6 is 11.6 Å². The molecule has 1 atom stereocenters. The van der Waals surface area contributed by atoms with Crippen LogP contribution in [-0.2, 0) is 11.2 Å². The number of hydrogen-bond donors (Lipinski definition) is 2. The minimum Gasteiger partial charge on any atom is -0.374 e. The Morgan fingerprint density at radius 1 is 1.36 bits per heavy atom. The van der Waals surface area contributed by atoms with Crippen molar-refractivity contribution in [3.8, 4) is 0 Å². The summed E-state index contributed by atoms with van der Waals surface area (Å²) in [6, 6.07) is 7.93. The predicted molar refractivity (Wildman–Crippen MR) is 91.8 cm³/mol. The summed E-state index contributed by atoms with van der Waals surface area (Å²) >= 11 is 5.88. The van der Waals surface area contributed by atoms with E-state index in [1.165, 1.54) is 5.56 Å². The second kappa shape index (κ2) is 8.98. The highest BCUT2D eigenvalue weighted by Gasteiger charge is 2.17. The van der Waals surface area contributed by atoms with Crippen molar-refractivity contribution in [3.63, 3.8) is 0 Å². The zero-order valence-corrected chi connectivity index (χ0v) is 14.1. The number of guanidine groups is 1. The molecule has 6 heteroatoms. The minimum atomic E-state index is 0.216. The van der Waals surface area contributed by atoms with Crippen molar-refractivity contribution in [2.24, 2.45) is 4.99 Å². The normalized spacial score (nSPS) is 20.0. The van der Waals surface area contributed by atoms with E-state index in [4.69, 9.17) is 16.3 Å². The number of nitrogens with one attached hydrogen (secondary N) is 2. The van der Waals surface area contributed by atoms with Gasteiger partial charge in [-0.05, 0) is 31.2 Å². The van der Waals surface area contributed by atoms with Crippen LogP contribution in [0.4, 0.5) is 0 Å². The summed E-state index contributed by atoms with van der Waals surface area (Å²) in [5.74, 6) is 0.811. The highest BCUT2D eigenvalue weighted by atomic mass is 35.5. The molecule has 1 aliphatic rings. The van der Waals surface area contributed by atoms with Gasteiger partial charge in [0.1, 0.15) is 0 Å². The quantitative estimate of drug-likeness (QED) is 0.634. The van der Waals surface area contributed by atoms with E-state index in [-0.39, 0.29) is 6.10 Å². The van der Waals surface area contributed by atoms with Gasteiger partial charge in [-0.15, -0.1) is 0 Å². The van der Waals surface area contributed by atoms with Gasteiger partial charge in [0.15, 0.2) is 5.96 Å². The predicted octanol–water partition coefficient (Wildman–Crippen LogP) is 1.38. The first kappa shape index (κ1) is 17.1. The van der Waals surface area contributed by atoms with Gasteiger partial charge < -0.3 is 20.3 Å². The van der Waals surface area contributed by atoms with Crippen LogP contribution in [0.25, 0.3) is 0 Å². The van der Waals surface area contributed by atoms with E-state index in [9.17, 15) is 0 Å². The van der Waals surface area contributed by atoms with E-state index in [1.54, 1.807) is 7.05 Å². The van der Waals surface area contributed by atoms with Crippen molar-refractivity contribution in [1.82, 2.24) is 15.5 Å². The second-order valence-corrected chi connectivity index (χ2v) is 5.95. The molecule has 0 spiro atoms. The molecule has 5 nitrogen and oxygen atoms in total. The summed E-state index contributed by atoms with van der Waals surface area (Å²) in [6.45, 7) is 4.35. The number of halogens is 1. The molecule has 1 saturated heterocycles. The fraction of sp³-hybridized carbons (Fsp3) is 0.562. The van der Waals surface area contributed by atoms with Crippen molar-refractivity contribution in [3.05, 3.63) is 34.9 Å². The van der Waals surface area contributed by atoms with Crippen LogP contribution in [0.1, 0.15) is 5.56 Å².